The molecule has 0 aliphatic heterocycles. The van der Waals surface area contributed by atoms with Gasteiger partial charge in [0.2, 0.25) is 17.5 Å². The zero-order chi connectivity index (χ0) is 12.1. The molecule has 2 rings (SSSR count). The Bertz CT molecular complexity index is 456. The highest BCUT2D eigenvalue weighted by Gasteiger charge is 2.15. The molecular weight excluding hydrogens is 218 g/mol. The van der Waals surface area contributed by atoms with Gasteiger partial charge in [-0.25, -0.2) is 9.97 Å². The van der Waals surface area contributed by atoms with Crippen LogP contribution in [0.3, 0.4) is 0 Å². The van der Waals surface area contributed by atoms with Crippen LogP contribution < -0.4 is 5.32 Å². The lowest BCUT2D eigenvalue weighted by molar-refractivity contribution is 0.340. The third-order valence-corrected chi connectivity index (χ3v) is 2.28. The maximum absolute atomic E-state index is 5.17. The molecule has 0 aliphatic carbocycles. The van der Waals surface area contributed by atoms with Crippen LogP contribution in [0.1, 0.15) is 32.2 Å². The van der Waals surface area contributed by atoms with Crippen LogP contribution in [-0.2, 0) is 0 Å². The Morgan fingerprint density at radius 3 is 2.76 bits per heavy atom. The molecule has 1 N–H and O–H groups in total. The topological polar surface area (TPSA) is 76.7 Å². The molecule has 2 aromatic rings. The summed E-state index contributed by atoms with van der Waals surface area (Å²) in [4.78, 5) is 12.4. The van der Waals surface area contributed by atoms with Crippen molar-refractivity contribution in [3.63, 3.8) is 0 Å². The van der Waals surface area contributed by atoms with Crippen LogP contribution in [0.15, 0.2) is 23.0 Å². The molecule has 0 spiro atoms. The molecule has 2 aromatic heterocycles. The summed E-state index contributed by atoms with van der Waals surface area (Å²) in [5.41, 5.74) is 0. The molecule has 0 aromatic carbocycles. The predicted octanol–water partition coefficient (Wildman–Crippen LogP) is 1.59. The minimum absolute atomic E-state index is 0.0416. The van der Waals surface area contributed by atoms with Crippen molar-refractivity contribution in [2.45, 2.75) is 26.3 Å². The van der Waals surface area contributed by atoms with Crippen molar-refractivity contribution in [1.82, 2.24) is 25.4 Å². The second-order valence-electron chi connectivity index (χ2n) is 3.70. The van der Waals surface area contributed by atoms with E-state index in [2.05, 4.69) is 32.3 Å². The molecule has 0 fully saturated rings. The maximum atomic E-state index is 5.17. The van der Waals surface area contributed by atoms with E-state index in [1.807, 2.05) is 6.92 Å². The van der Waals surface area contributed by atoms with E-state index in [1.54, 1.807) is 18.5 Å². The lowest BCUT2D eigenvalue weighted by Crippen LogP contribution is -2.19. The highest BCUT2D eigenvalue weighted by atomic mass is 16.5. The third-order valence-electron chi connectivity index (χ3n) is 2.28. The summed E-state index contributed by atoms with van der Waals surface area (Å²) in [6, 6.07) is 1.79. The van der Waals surface area contributed by atoms with Crippen molar-refractivity contribution < 1.29 is 4.52 Å². The van der Waals surface area contributed by atoms with Gasteiger partial charge in [0, 0.05) is 12.4 Å². The Morgan fingerprint density at radius 1 is 1.29 bits per heavy atom. The second-order valence-corrected chi connectivity index (χ2v) is 3.70. The highest BCUT2D eigenvalue weighted by molar-refractivity contribution is 5.40. The van der Waals surface area contributed by atoms with Crippen molar-refractivity contribution >= 4 is 0 Å². The maximum Gasteiger partial charge on any atom is 0.243 e. The molecule has 17 heavy (non-hydrogen) atoms. The molecule has 0 bridgehead atoms. The lowest BCUT2D eigenvalue weighted by Gasteiger charge is -2.06. The zero-order valence-electron chi connectivity index (χ0n) is 9.92. The summed E-state index contributed by atoms with van der Waals surface area (Å²) in [5.74, 6) is 1.46. The van der Waals surface area contributed by atoms with Gasteiger partial charge in [-0.1, -0.05) is 12.1 Å². The van der Waals surface area contributed by atoms with Crippen LogP contribution in [-0.4, -0.2) is 26.7 Å². The van der Waals surface area contributed by atoms with Gasteiger partial charge in [-0.3, -0.25) is 0 Å². The number of nitrogens with one attached hydrogen (secondary N) is 1. The fourth-order valence-corrected chi connectivity index (χ4v) is 1.36. The third kappa shape index (κ3) is 2.85. The molecule has 0 radical (unpaired) electrons. The van der Waals surface area contributed by atoms with Crippen LogP contribution in [0.5, 0.6) is 0 Å². The van der Waals surface area contributed by atoms with Crippen LogP contribution in [0, 0.1) is 0 Å². The Labute approximate surface area is 99.5 Å². The summed E-state index contributed by atoms with van der Waals surface area (Å²) in [7, 11) is 0. The standard InChI is InChI=1S/C11H15N5O/c1-3-5-12-8(2)11-15-10(16-17-11)9-13-6-4-7-14-9/h4,6-8,12H,3,5H2,1-2H3. The van der Waals surface area contributed by atoms with Gasteiger partial charge in [0.25, 0.3) is 0 Å². The van der Waals surface area contributed by atoms with E-state index in [-0.39, 0.29) is 6.04 Å². The van der Waals surface area contributed by atoms with Gasteiger partial charge in [0.05, 0.1) is 6.04 Å². The first-order chi connectivity index (χ1) is 8.31. The summed E-state index contributed by atoms with van der Waals surface area (Å²) < 4.78 is 5.17. The molecule has 0 aliphatic rings. The molecule has 0 saturated carbocycles. The normalized spacial score (nSPS) is 12.6. The molecular formula is C11H15N5O. The van der Waals surface area contributed by atoms with Gasteiger partial charge >= 0.3 is 0 Å². The first-order valence-electron chi connectivity index (χ1n) is 5.65. The predicted molar refractivity (Wildman–Crippen MR) is 62.0 cm³/mol. The number of nitrogens with zero attached hydrogens (tertiary/aromatic N) is 4. The van der Waals surface area contributed by atoms with E-state index in [0.29, 0.717) is 17.5 Å². The second kappa shape index (κ2) is 5.49. The van der Waals surface area contributed by atoms with Crippen LogP contribution in [0.4, 0.5) is 0 Å². The number of hydrogen-bond donors (Lipinski definition) is 1. The van der Waals surface area contributed by atoms with Crippen LogP contribution in [0.2, 0.25) is 0 Å². The molecule has 1 atom stereocenters. The van der Waals surface area contributed by atoms with E-state index in [4.69, 9.17) is 4.52 Å². The van der Waals surface area contributed by atoms with Gasteiger partial charge in [0.1, 0.15) is 0 Å². The largest absolute Gasteiger partial charge is 0.337 e. The SMILES string of the molecule is CCCNC(C)c1nc(-c2ncccn2)no1. The highest BCUT2D eigenvalue weighted by Crippen LogP contribution is 2.14. The molecule has 0 amide bonds. The van der Waals surface area contributed by atoms with E-state index in [0.717, 1.165) is 13.0 Å². The molecule has 0 saturated heterocycles. The molecule has 90 valence electrons. The van der Waals surface area contributed by atoms with Crippen molar-refractivity contribution in [2.24, 2.45) is 0 Å². The summed E-state index contributed by atoms with van der Waals surface area (Å²) in [5, 5.41) is 7.14. The van der Waals surface area contributed by atoms with E-state index in [9.17, 15) is 0 Å². The van der Waals surface area contributed by atoms with E-state index in [1.165, 1.54) is 0 Å². The van der Waals surface area contributed by atoms with Gasteiger partial charge in [-0.2, -0.15) is 4.98 Å². The fraction of sp³-hybridized carbons (Fsp3) is 0.455. The van der Waals surface area contributed by atoms with Crippen molar-refractivity contribution in [1.29, 1.82) is 0 Å². The zero-order valence-corrected chi connectivity index (χ0v) is 9.92. The average molecular weight is 233 g/mol. The van der Waals surface area contributed by atoms with Gasteiger partial charge in [-0.05, 0) is 26.0 Å². The summed E-state index contributed by atoms with van der Waals surface area (Å²) in [6.07, 6.45) is 4.36. The molecule has 6 nitrogen and oxygen atoms in total. The average Bonchev–Trinajstić information content (AvgIpc) is 2.86. The van der Waals surface area contributed by atoms with Gasteiger partial charge < -0.3 is 9.84 Å². The van der Waals surface area contributed by atoms with Crippen molar-refractivity contribution in [3.8, 4) is 11.6 Å². The van der Waals surface area contributed by atoms with E-state index >= 15 is 0 Å². The Balaban J connectivity index is 2.11. The van der Waals surface area contributed by atoms with Crippen molar-refractivity contribution in [3.05, 3.63) is 24.4 Å². The first-order valence-corrected chi connectivity index (χ1v) is 5.65. The van der Waals surface area contributed by atoms with Gasteiger partial charge in [-0.15, -0.1) is 0 Å². The van der Waals surface area contributed by atoms with Crippen LogP contribution in [0.25, 0.3) is 11.6 Å². The number of aromatic nitrogens is 4. The van der Waals surface area contributed by atoms with Crippen LogP contribution >= 0.6 is 0 Å². The molecule has 2 heterocycles. The molecule has 1 unspecified atom stereocenters. The first kappa shape index (κ1) is 11.7. The Morgan fingerprint density at radius 2 is 2.06 bits per heavy atom. The Kier molecular flexibility index (Phi) is 3.77. The Hall–Kier alpha value is -1.82. The van der Waals surface area contributed by atoms with E-state index < -0.39 is 0 Å². The van der Waals surface area contributed by atoms with Gasteiger partial charge in [0.15, 0.2) is 0 Å². The number of rotatable bonds is 5. The minimum Gasteiger partial charge on any atom is -0.337 e. The number of hydrogen-bond acceptors (Lipinski definition) is 6. The monoisotopic (exact) mass is 233 g/mol. The smallest absolute Gasteiger partial charge is 0.243 e. The fourth-order valence-electron chi connectivity index (χ4n) is 1.36. The quantitative estimate of drug-likeness (QED) is 0.845. The minimum atomic E-state index is 0.0416. The summed E-state index contributed by atoms with van der Waals surface area (Å²) >= 11 is 0. The lowest BCUT2D eigenvalue weighted by atomic mass is 10.3. The summed E-state index contributed by atoms with van der Waals surface area (Å²) in [6.45, 7) is 5.01. The van der Waals surface area contributed by atoms with Crippen molar-refractivity contribution in [2.75, 3.05) is 6.54 Å². The molecule has 6 heteroatoms.